The van der Waals surface area contributed by atoms with Gasteiger partial charge in [-0.05, 0) is 37.1 Å². The second-order valence-corrected chi connectivity index (χ2v) is 4.00. The van der Waals surface area contributed by atoms with E-state index in [0.717, 1.165) is 22.4 Å². The Kier molecular flexibility index (Phi) is 2.91. The molecule has 0 saturated carbocycles. The van der Waals surface area contributed by atoms with Crippen LogP contribution >= 0.6 is 0 Å². The Balaban J connectivity index is 2.50. The molecule has 0 spiro atoms. The molecule has 1 aromatic carbocycles. The van der Waals surface area contributed by atoms with E-state index < -0.39 is 5.97 Å². The number of carboxylic acid groups (broad SMARTS) is 1. The minimum Gasteiger partial charge on any atom is -0.478 e. The lowest BCUT2D eigenvalue weighted by atomic mass is 9.99. The Morgan fingerprint density at radius 2 is 1.76 bits per heavy atom. The van der Waals surface area contributed by atoms with Crippen LogP contribution in [0.25, 0.3) is 11.3 Å². The number of aryl methyl sites for hydroxylation is 2. The van der Waals surface area contributed by atoms with Crippen LogP contribution in [0.1, 0.15) is 21.5 Å². The molecule has 0 atom stereocenters. The number of carbonyl (C=O) groups is 1. The van der Waals surface area contributed by atoms with Gasteiger partial charge in [-0.2, -0.15) is 0 Å². The molecule has 0 amide bonds. The van der Waals surface area contributed by atoms with Crippen molar-refractivity contribution in [3.8, 4) is 11.3 Å². The molecule has 3 nitrogen and oxygen atoms in total. The summed E-state index contributed by atoms with van der Waals surface area (Å²) in [6.45, 7) is 4.05. The summed E-state index contributed by atoms with van der Waals surface area (Å²) < 4.78 is 0. The van der Waals surface area contributed by atoms with Crippen LogP contribution < -0.4 is 0 Å². The highest BCUT2D eigenvalue weighted by Crippen LogP contribution is 2.25. The molecule has 0 aliphatic heterocycles. The van der Waals surface area contributed by atoms with Crippen LogP contribution in [0.5, 0.6) is 0 Å². The van der Waals surface area contributed by atoms with Crippen molar-refractivity contribution in [1.82, 2.24) is 4.98 Å². The van der Waals surface area contributed by atoms with E-state index in [4.69, 9.17) is 5.11 Å². The average molecular weight is 227 g/mol. The van der Waals surface area contributed by atoms with Crippen molar-refractivity contribution < 1.29 is 9.90 Å². The molecule has 0 aliphatic rings. The van der Waals surface area contributed by atoms with E-state index in [0.29, 0.717) is 0 Å². The van der Waals surface area contributed by atoms with Gasteiger partial charge >= 0.3 is 5.97 Å². The Bertz CT molecular complexity index is 539. The fourth-order valence-electron chi connectivity index (χ4n) is 1.89. The number of pyridine rings is 1. The number of nitrogens with zero attached hydrogens (tertiary/aromatic N) is 1. The Hall–Kier alpha value is -2.16. The zero-order valence-corrected chi connectivity index (χ0v) is 9.77. The highest BCUT2D eigenvalue weighted by molar-refractivity contribution is 5.87. The first-order chi connectivity index (χ1) is 8.09. The van der Waals surface area contributed by atoms with Gasteiger partial charge in [-0.15, -0.1) is 0 Å². The maximum Gasteiger partial charge on any atom is 0.337 e. The van der Waals surface area contributed by atoms with Crippen LogP contribution in [0.3, 0.4) is 0 Å². The molecule has 0 fully saturated rings. The number of hydrogen-bond acceptors (Lipinski definition) is 2. The molecule has 1 heterocycles. The molecule has 86 valence electrons. The number of rotatable bonds is 2. The van der Waals surface area contributed by atoms with Crippen molar-refractivity contribution in [1.29, 1.82) is 0 Å². The van der Waals surface area contributed by atoms with Gasteiger partial charge in [-0.3, -0.25) is 4.98 Å². The molecule has 1 N–H and O–H groups in total. The second-order valence-electron chi connectivity index (χ2n) is 4.00. The zero-order valence-electron chi connectivity index (χ0n) is 9.77. The zero-order chi connectivity index (χ0) is 12.4. The van der Waals surface area contributed by atoms with Crippen LogP contribution in [-0.2, 0) is 0 Å². The summed E-state index contributed by atoms with van der Waals surface area (Å²) in [4.78, 5) is 15.0. The van der Waals surface area contributed by atoms with Gasteiger partial charge in [-0.1, -0.05) is 18.2 Å². The van der Waals surface area contributed by atoms with E-state index in [-0.39, 0.29) is 5.56 Å². The Labute approximate surface area is 99.8 Å². The van der Waals surface area contributed by atoms with E-state index >= 15 is 0 Å². The number of hydrogen-bond donors (Lipinski definition) is 1. The van der Waals surface area contributed by atoms with E-state index in [2.05, 4.69) is 4.98 Å². The maximum absolute atomic E-state index is 10.7. The topological polar surface area (TPSA) is 50.2 Å². The molecule has 1 aromatic heterocycles. The van der Waals surface area contributed by atoms with Crippen molar-refractivity contribution in [3.63, 3.8) is 0 Å². The van der Waals surface area contributed by atoms with E-state index in [9.17, 15) is 4.79 Å². The van der Waals surface area contributed by atoms with E-state index in [1.165, 1.54) is 6.20 Å². The molecule has 0 bridgehead atoms. The molecule has 2 rings (SSSR count). The highest BCUT2D eigenvalue weighted by atomic mass is 16.4. The van der Waals surface area contributed by atoms with Gasteiger partial charge in [-0.25, -0.2) is 4.79 Å². The molecule has 0 unspecified atom stereocenters. The minimum atomic E-state index is -0.953. The van der Waals surface area contributed by atoms with Crippen LogP contribution in [0.2, 0.25) is 0 Å². The SMILES string of the molecule is Cc1cccc(C)c1-c1ccc(C(=O)O)cn1. The molecule has 2 aromatic rings. The minimum absolute atomic E-state index is 0.208. The molecule has 0 aliphatic carbocycles. The standard InChI is InChI=1S/C14H13NO2/c1-9-4-3-5-10(2)13(9)12-7-6-11(8-15-12)14(16)17/h3-8H,1-2H3,(H,16,17). The van der Waals surface area contributed by atoms with E-state index in [1.54, 1.807) is 12.1 Å². The first-order valence-corrected chi connectivity index (χ1v) is 5.35. The molecular formula is C14H13NO2. The summed E-state index contributed by atoms with van der Waals surface area (Å²) in [6, 6.07) is 9.37. The smallest absolute Gasteiger partial charge is 0.337 e. The summed E-state index contributed by atoms with van der Waals surface area (Å²) in [5, 5.41) is 8.82. The summed E-state index contributed by atoms with van der Waals surface area (Å²) in [5.41, 5.74) is 4.37. The van der Waals surface area contributed by atoms with Crippen molar-refractivity contribution >= 4 is 5.97 Å². The van der Waals surface area contributed by atoms with Gasteiger partial charge in [0.05, 0.1) is 11.3 Å². The highest BCUT2D eigenvalue weighted by Gasteiger charge is 2.08. The predicted molar refractivity (Wildman–Crippen MR) is 66.1 cm³/mol. The monoisotopic (exact) mass is 227 g/mol. The van der Waals surface area contributed by atoms with Gasteiger partial charge < -0.3 is 5.11 Å². The Morgan fingerprint density at radius 1 is 1.12 bits per heavy atom. The Morgan fingerprint density at radius 3 is 2.24 bits per heavy atom. The van der Waals surface area contributed by atoms with Gasteiger partial charge in [0, 0.05) is 11.8 Å². The summed E-state index contributed by atoms with van der Waals surface area (Å²) in [7, 11) is 0. The van der Waals surface area contributed by atoms with Crippen LogP contribution in [0, 0.1) is 13.8 Å². The second kappa shape index (κ2) is 4.37. The third-order valence-electron chi connectivity index (χ3n) is 2.75. The van der Waals surface area contributed by atoms with Crippen LogP contribution in [0.15, 0.2) is 36.5 Å². The van der Waals surface area contributed by atoms with Gasteiger partial charge in [0.25, 0.3) is 0 Å². The lowest BCUT2D eigenvalue weighted by molar-refractivity contribution is 0.0696. The number of aromatic carboxylic acids is 1. The molecule has 3 heteroatoms. The fourth-order valence-corrected chi connectivity index (χ4v) is 1.89. The van der Waals surface area contributed by atoms with Crippen LogP contribution in [-0.4, -0.2) is 16.1 Å². The predicted octanol–water partition coefficient (Wildman–Crippen LogP) is 3.06. The van der Waals surface area contributed by atoms with Crippen molar-refractivity contribution in [3.05, 3.63) is 53.2 Å². The third-order valence-corrected chi connectivity index (χ3v) is 2.75. The first kappa shape index (κ1) is 11.3. The molecular weight excluding hydrogens is 214 g/mol. The maximum atomic E-state index is 10.7. The number of benzene rings is 1. The lowest BCUT2D eigenvalue weighted by Crippen LogP contribution is -1.98. The first-order valence-electron chi connectivity index (χ1n) is 5.35. The quantitative estimate of drug-likeness (QED) is 0.857. The third kappa shape index (κ3) is 2.18. The van der Waals surface area contributed by atoms with Gasteiger partial charge in [0.1, 0.15) is 0 Å². The van der Waals surface area contributed by atoms with E-state index in [1.807, 2.05) is 32.0 Å². The number of aromatic nitrogens is 1. The van der Waals surface area contributed by atoms with Crippen LogP contribution in [0.4, 0.5) is 0 Å². The van der Waals surface area contributed by atoms with Crippen molar-refractivity contribution in [2.45, 2.75) is 13.8 Å². The fraction of sp³-hybridized carbons (Fsp3) is 0.143. The van der Waals surface area contributed by atoms with Gasteiger partial charge in [0.2, 0.25) is 0 Å². The van der Waals surface area contributed by atoms with Crippen molar-refractivity contribution in [2.75, 3.05) is 0 Å². The van der Waals surface area contributed by atoms with Crippen molar-refractivity contribution in [2.24, 2.45) is 0 Å². The lowest BCUT2D eigenvalue weighted by Gasteiger charge is -2.08. The molecule has 17 heavy (non-hydrogen) atoms. The average Bonchev–Trinajstić information content (AvgIpc) is 2.29. The summed E-state index contributed by atoms with van der Waals surface area (Å²) in [6.07, 6.45) is 1.39. The molecule has 0 saturated heterocycles. The largest absolute Gasteiger partial charge is 0.478 e. The molecule has 0 radical (unpaired) electrons. The summed E-state index contributed by atoms with van der Waals surface area (Å²) >= 11 is 0. The normalized spacial score (nSPS) is 10.2. The van der Waals surface area contributed by atoms with Gasteiger partial charge in [0.15, 0.2) is 0 Å². The summed E-state index contributed by atoms with van der Waals surface area (Å²) in [5.74, 6) is -0.953. The number of carboxylic acids is 1.